The van der Waals surface area contributed by atoms with Crippen LogP contribution in [0.1, 0.15) is 13.8 Å². The Morgan fingerprint density at radius 3 is 2.26 bits per heavy atom. The Morgan fingerprint density at radius 1 is 1.17 bits per heavy atom. The summed E-state index contributed by atoms with van der Waals surface area (Å²) in [5.74, 6) is -0.413. The number of nitrogens with zero attached hydrogens (tertiary/aromatic N) is 2. The normalized spacial score (nSPS) is 15.5. The molecule has 0 bridgehead atoms. The van der Waals surface area contributed by atoms with Crippen molar-refractivity contribution in [1.29, 1.82) is 0 Å². The summed E-state index contributed by atoms with van der Waals surface area (Å²) < 4.78 is 0. The molecule has 2 rings (SSSR count). The van der Waals surface area contributed by atoms with Crippen molar-refractivity contribution in [3.8, 4) is 0 Å². The van der Waals surface area contributed by atoms with Crippen molar-refractivity contribution in [2.24, 2.45) is 5.73 Å². The van der Waals surface area contributed by atoms with Crippen LogP contribution in [0.2, 0.25) is 5.02 Å². The summed E-state index contributed by atoms with van der Waals surface area (Å²) in [7, 11) is 0. The van der Waals surface area contributed by atoms with Crippen LogP contribution >= 0.6 is 11.6 Å². The van der Waals surface area contributed by atoms with Crippen LogP contribution in [0, 0.1) is 0 Å². The number of amides is 2. The predicted octanol–water partition coefficient (Wildman–Crippen LogP) is 0.842. The minimum absolute atomic E-state index is 0.0135. The van der Waals surface area contributed by atoms with Gasteiger partial charge in [0.1, 0.15) is 0 Å². The van der Waals surface area contributed by atoms with Crippen molar-refractivity contribution >= 4 is 29.1 Å². The van der Waals surface area contributed by atoms with Gasteiger partial charge >= 0.3 is 0 Å². The largest absolute Gasteiger partial charge is 0.368 e. The Morgan fingerprint density at radius 2 is 1.74 bits per heavy atom. The Bertz CT molecular complexity index is 560. The molecule has 1 aliphatic heterocycles. The lowest BCUT2D eigenvalue weighted by atomic mass is 10.1. The molecule has 0 atom stereocenters. The minimum atomic E-state index is -0.979. The van der Waals surface area contributed by atoms with Crippen molar-refractivity contribution in [2.45, 2.75) is 19.4 Å². The van der Waals surface area contributed by atoms with E-state index in [0.717, 1.165) is 18.8 Å². The molecule has 1 fully saturated rings. The average molecular weight is 339 g/mol. The summed E-state index contributed by atoms with van der Waals surface area (Å²) in [6, 6.07) is 7.67. The number of rotatable bonds is 4. The van der Waals surface area contributed by atoms with Gasteiger partial charge in [0.15, 0.2) is 0 Å². The van der Waals surface area contributed by atoms with Gasteiger partial charge in [0.25, 0.3) is 0 Å². The fourth-order valence-electron chi connectivity index (χ4n) is 2.36. The van der Waals surface area contributed by atoms with E-state index in [2.05, 4.69) is 10.2 Å². The number of nitrogens with two attached hydrogens (primary N) is 1. The summed E-state index contributed by atoms with van der Waals surface area (Å²) in [5.41, 5.74) is 5.80. The molecule has 2 amide bonds. The number of anilines is 1. The molecule has 6 nitrogen and oxygen atoms in total. The van der Waals surface area contributed by atoms with Gasteiger partial charge in [0, 0.05) is 36.9 Å². The molecule has 1 saturated heterocycles. The van der Waals surface area contributed by atoms with E-state index in [1.807, 2.05) is 24.3 Å². The molecule has 1 aromatic rings. The number of piperazine rings is 1. The van der Waals surface area contributed by atoms with Gasteiger partial charge < -0.3 is 20.9 Å². The van der Waals surface area contributed by atoms with Crippen LogP contribution in [0.25, 0.3) is 0 Å². The molecule has 7 heteroatoms. The fraction of sp³-hybridized carbons (Fsp3) is 0.500. The van der Waals surface area contributed by atoms with Crippen LogP contribution in [0.3, 0.4) is 0 Å². The smallest absolute Gasteiger partial charge is 0.242 e. The molecule has 0 saturated carbocycles. The second kappa shape index (κ2) is 7.19. The number of hydrogen-bond acceptors (Lipinski definition) is 4. The Balaban J connectivity index is 1.81. The number of halogens is 1. The zero-order valence-electron chi connectivity index (χ0n) is 13.5. The maximum atomic E-state index is 12.2. The molecule has 0 spiro atoms. The first-order chi connectivity index (χ1) is 10.8. The topological polar surface area (TPSA) is 78.7 Å². The number of carbonyl (C=O) groups is 2. The monoisotopic (exact) mass is 338 g/mol. The van der Waals surface area contributed by atoms with Crippen molar-refractivity contribution in [3.05, 3.63) is 29.3 Å². The molecular weight excluding hydrogens is 316 g/mol. The Hall–Kier alpha value is -1.79. The standard InChI is InChI=1S/C16H23ClN4O2/c1-16(2,18)15(23)19-11-14(22)21-9-7-20(8-10-21)13-5-3-12(17)4-6-13/h3-6H,7-11,18H2,1-2H3,(H,19,23). The average Bonchev–Trinajstić information content (AvgIpc) is 2.52. The van der Waals surface area contributed by atoms with Gasteiger partial charge in [-0.05, 0) is 38.1 Å². The molecule has 3 N–H and O–H groups in total. The molecule has 23 heavy (non-hydrogen) atoms. The van der Waals surface area contributed by atoms with Gasteiger partial charge in [0.05, 0.1) is 12.1 Å². The number of benzene rings is 1. The highest BCUT2D eigenvalue weighted by Gasteiger charge is 2.25. The molecular formula is C16H23ClN4O2. The van der Waals surface area contributed by atoms with E-state index >= 15 is 0 Å². The van der Waals surface area contributed by atoms with Gasteiger partial charge in [-0.25, -0.2) is 0 Å². The third-order valence-corrected chi connectivity index (χ3v) is 4.06. The summed E-state index contributed by atoms with van der Waals surface area (Å²) in [6.45, 7) is 5.97. The van der Waals surface area contributed by atoms with Crippen LogP contribution < -0.4 is 16.0 Å². The number of nitrogens with one attached hydrogen (secondary N) is 1. The van der Waals surface area contributed by atoms with Crippen molar-refractivity contribution < 1.29 is 9.59 Å². The first-order valence-electron chi connectivity index (χ1n) is 7.63. The maximum Gasteiger partial charge on any atom is 0.242 e. The Labute approximate surface area is 141 Å². The SMILES string of the molecule is CC(C)(N)C(=O)NCC(=O)N1CCN(c2ccc(Cl)cc2)CC1. The lowest BCUT2D eigenvalue weighted by Crippen LogP contribution is -2.54. The highest BCUT2D eigenvalue weighted by molar-refractivity contribution is 6.30. The minimum Gasteiger partial charge on any atom is -0.368 e. The Kier molecular flexibility index (Phi) is 5.49. The highest BCUT2D eigenvalue weighted by Crippen LogP contribution is 2.19. The van der Waals surface area contributed by atoms with E-state index in [4.69, 9.17) is 17.3 Å². The van der Waals surface area contributed by atoms with Gasteiger partial charge in [-0.3, -0.25) is 9.59 Å². The van der Waals surface area contributed by atoms with E-state index in [0.29, 0.717) is 18.1 Å². The molecule has 1 aliphatic rings. The number of carbonyl (C=O) groups excluding carboxylic acids is 2. The summed E-state index contributed by atoms with van der Waals surface area (Å²) in [5, 5.41) is 3.29. The maximum absolute atomic E-state index is 12.2. The second-order valence-corrected chi connectivity index (χ2v) is 6.69. The van der Waals surface area contributed by atoms with E-state index in [9.17, 15) is 9.59 Å². The van der Waals surface area contributed by atoms with Gasteiger partial charge in [-0.15, -0.1) is 0 Å². The van der Waals surface area contributed by atoms with Crippen LogP contribution in [0.5, 0.6) is 0 Å². The molecule has 1 heterocycles. The predicted molar refractivity (Wildman–Crippen MR) is 91.5 cm³/mol. The van der Waals surface area contributed by atoms with E-state index in [1.165, 1.54) is 0 Å². The van der Waals surface area contributed by atoms with Crippen LogP contribution in [0.4, 0.5) is 5.69 Å². The van der Waals surface area contributed by atoms with Crippen LogP contribution in [0.15, 0.2) is 24.3 Å². The fourth-order valence-corrected chi connectivity index (χ4v) is 2.49. The third kappa shape index (κ3) is 4.84. The van der Waals surface area contributed by atoms with E-state index < -0.39 is 5.54 Å². The second-order valence-electron chi connectivity index (χ2n) is 6.25. The molecule has 1 aromatic carbocycles. The van der Waals surface area contributed by atoms with Crippen molar-refractivity contribution in [1.82, 2.24) is 10.2 Å². The highest BCUT2D eigenvalue weighted by atomic mass is 35.5. The van der Waals surface area contributed by atoms with E-state index in [1.54, 1.807) is 18.7 Å². The molecule has 0 aromatic heterocycles. The van der Waals surface area contributed by atoms with Crippen LogP contribution in [-0.2, 0) is 9.59 Å². The molecule has 0 unspecified atom stereocenters. The zero-order valence-corrected chi connectivity index (χ0v) is 14.3. The molecule has 126 valence electrons. The van der Waals surface area contributed by atoms with Crippen molar-refractivity contribution in [3.63, 3.8) is 0 Å². The first kappa shape index (κ1) is 17.6. The summed E-state index contributed by atoms with van der Waals surface area (Å²) in [4.78, 5) is 27.8. The summed E-state index contributed by atoms with van der Waals surface area (Å²) in [6.07, 6.45) is 0. The zero-order chi connectivity index (χ0) is 17.0. The van der Waals surface area contributed by atoms with Crippen molar-refractivity contribution in [2.75, 3.05) is 37.6 Å². The van der Waals surface area contributed by atoms with Gasteiger partial charge in [-0.2, -0.15) is 0 Å². The lowest BCUT2D eigenvalue weighted by molar-refractivity contribution is -0.134. The van der Waals surface area contributed by atoms with E-state index in [-0.39, 0.29) is 18.4 Å². The number of hydrogen-bond donors (Lipinski definition) is 2. The molecule has 0 radical (unpaired) electrons. The first-order valence-corrected chi connectivity index (χ1v) is 8.00. The lowest BCUT2D eigenvalue weighted by Gasteiger charge is -2.36. The summed E-state index contributed by atoms with van der Waals surface area (Å²) >= 11 is 5.89. The van der Waals surface area contributed by atoms with Crippen LogP contribution in [-0.4, -0.2) is 55.0 Å². The van der Waals surface area contributed by atoms with Gasteiger partial charge in [-0.1, -0.05) is 11.6 Å². The quantitative estimate of drug-likeness (QED) is 0.853. The van der Waals surface area contributed by atoms with Gasteiger partial charge in [0.2, 0.25) is 11.8 Å². The molecule has 0 aliphatic carbocycles. The third-order valence-electron chi connectivity index (χ3n) is 3.81.